The molecule has 0 aromatic carbocycles. The van der Waals surface area contributed by atoms with Gasteiger partial charge in [0.1, 0.15) is 0 Å². The Bertz CT molecular complexity index is 112. The first-order valence-corrected chi connectivity index (χ1v) is 5.59. The smallest absolute Gasteiger partial charge is 0.00100 e. The number of unbranched alkanes of at least 4 members (excludes halogenated alkanes) is 2. The first-order chi connectivity index (χ1) is 5.86. The third kappa shape index (κ3) is 3.14. The maximum atomic E-state index is 2.58. The van der Waals surface area contributed by atoms with Crippen molar-refractivity contribution in [1.29, 1.82) is 0 Å². The molecule has 1 aliphatic rings. The third-order valence-electron chi connectivity index (χ3n) is 3.03. The van der Waals surface area contributed by atoms with Crippen LogP contribution in [-0.4, -0.2) is 24.5 Å². The van der Waals surface area contributed by atoms with E-state index in [4.69, 9.17) is 0 Å². The highest BCUT2D eigenvalue weighted by Gasteiger charge is 2.19. The first kappa shape index (κ1) is 10.0. The van der Waals surface area contributed by atoms with Crippen LogP contribution in [0.4, 0.5) is 0 Å². The molecule has 0 saturated carbocycles. The van der Waals surface area contributed by atoms with E-state index in [9.17, 15) is 0 Å². The molecule has 1 rings (SSSR count). The highest BCUT2D eigenvalue weighted by molar-refractivity contribution is 4.74. The molecule has 0 aromatic heterocycles. The van der Waals surface area contributed by atoms with Crippen LogP contribution in [0.2, 0.25) is 0 Å². The van der Waals surface area contributed by atoms with E-state index in [0.29, 0.717) is 0 Å². The van der Waals surface area contributed by atoms with Gasteiger partial charge in [0.05, 0.1) is 0 Å². The lowest BCUT2D eigenvalue weighted by Gasteiger charge is -2.12. The lowest BCUT2D eigenvalue weighted by atomic mass is 10.0. The molecule has 0 aromatic rings. The van der Waals surface area contributed by atoms with Gasteiger partial charge in [-0.2, -0.15) is 0 Å². The minimum Gasteiger partial charge on any atom is -0.303 e. The van der Waals surface area contributed by atoms with Gasteiger partial charge in [0.15, 0.2) is 0 Å². The van der Waals surface area contributed by atoms with Crippen molar-refractivity contribution >= 4 is 0 Å². The lowest BCUT2D eigenvalue weighted by Crippen LogP contribution is -2.19. The maximum Gasteiger partial charge on any atom is 0.00100 e. The molecule has 72 valence electrons. The molecule has 1 heteroatoms. The zero-order valence-electron chi connectivity index (χ0n) is 8.68. The fourth-order valence-electron chi connectivity index (χ4n) is 2.12. The first-order valence-electron chi connectivity index (χ1n) is 5.59. The van der Waals surface area contributed by atoms with Gasteiger partial charge >= 0.3 is 0 Å². The summed E-state index contributed by atoms with van der Waals surface area (Å²) in [6.07, 6.45) is 7.19. The molecule has 12 heavy (non-hydrogen) atoms. The van der Waals surface area contributed by atoms with Crippen LogP contribution in [0, 0.1) is 5.92 Å². The summed E-state index contributed by atoms with van der Waals surface area (Å²) in [5, 5.41) is 0. The van der Waals surface area contributed by atoms with E-state index in [-0.39, 0.29) is 0 Å². The number of hydrogen-bond acceptors (Lipinski definition) is 1. The summed E-state index contributed by atoms with van der Waals surface area (Å²) < 4.78 is 0. The molecule has 1 atom stereocenters. The molecule has 0 aliphatic carbocycles. The molecular weight excluding hydrogens is 146 g/mol. The van der Waals surface area contributed by atoms with Gasteiger partial charge < -0.3 is 4.90 Å². The van der Waals surface area contributed by atoms with Gasteiger partial charge in [-0.1, -0.05) is 33.1 Å². The van der Waals surface area contributed by atoms with Crippen LogP contribution >= 0.6 is 0 Å². The standard InChI is InChI=1S/C11H23N/c1-3-5-6-7-11-8-9-12(4-2)10-11/h11H,3-10H2,1-2H3. The summed E-state index contributed by atoms with van der Waals surface area (Å²) >= 11 is 0. The topological polar surface area (TPSA) is 3.24 Å². The van der Waals surface area contributed by atoms with Crippen molar-refractivity contribution in [2.45, 2.75) is 46.0 Å². The fourth-order valence-corrected chi connectivity index (χ4v) is 2.12. The van der Waals surface area contributed by atoms with E-state index in [2.05, 4.69) is 18.7 Å². The molecule has 1 saturated heterocycles. The second-order valence-corrected chi connectivity index (χ2v) is 4.04. The maximum absolute atomic E-state index is 2.58. The average Bonchev–Trinajstić information content (AvgIpc) is 2.53. The molecule has 1 aliphatic heterocycles. The second-order valence-electron chi connectivity index (χ2n) is 4.04. The van der Waals surface area contributed by atoms with Gasteiger partial charge in [-0.25, -0.2) is 0 Å². The average molecular weight is 169 g/mol. The summed E-state index contributed by atoms with van der Waals surface area (Å²) in [7, 11) is 0. The molecule has 1 heterocycles. The Morgan fingerprint density at radius 2 is 2.08 bits per heavy atom. The van der Waals surface area contributed by atoms with E-state index in [0.717, 1.165) is 5.92 Å². The van der Waals surface area contributed by atoms with Crippen LogP contribution in [0.3, 0.4) is 0 Å². The van der Waals surface area contributed by atoms with Gasteiger partial charge in [-0.15, -0.1) is 0 Å². The van der Waals surface area contributed by atoms with Crippen molar-refractivity contribution in [3.8, 4) is 0 Å². The number of nitrogens with zero attached hydrogens (tertiary/aromatic N) is 1. The molecule has 0 radical (unpaired) electrons. The Hall–Kier alpha value is -0.0400. The zero-order valence-corrected chi connectivity index (χ0v) is 8.68. The summed E-state index contributed by atoms with van der Waals surface area (Å²) in [4.78, 5) is 2.58. The minimum atomic E-state index is 1.02. The highest BCUT2D eigenvalue weighted by atomic mass is 15.1. The van der Waals surface area contributed by atoms with Crippen LogP contribution in [0.25, 0.3) is 0 Å². The highest BCUT2D eigenvalue weighted by Crippen LogP contribution is 2.21. The van der Waals surface area contributed by atoms with Crippen molar-refractivity contribution in [3.05, 3.63) is 0 Å². The lowest BCUT2D eigenvalue weighted by molar-refractivity contribution is 0.335. The van der Waals surface area contributed by atoms with Crippen LogP contribution in [0.5, 0.6) is 0 Å². The SMILES string of the molecule is CCCCCC1CCN(CC)C1. The van der Waals surface area contributed by atoms with Gasteiger partial charge in [0, 0.05) is 6.54 Å². The largest absolute Gasteiger partial charge is 0.303 e. The van der Waals surface area contributed by atoms with Crippen molar-refractivity contribution in [3.63, 3.8) is 0 Å². The minimum absolute atomic E-state index is 1.02. The summed E-state index contributed by atoms with van der Waals surface area (Å²) in [5.41, 5.74) is 0. The van der Waals surface area contributed by atoms with Gasteiger partial charge in [0.25, 0.3) is 0 Å². The Morgan fingerprint density at radius 1 is 1.25 bits per heavy atom. The van der Waals surface area contributed by atoms with Gasteiger partial charge in [-0.3, -0.25) is 0 Å². The van der Waals surface area contributed by atoms with E-state index >= 15 is 0 Å². The zero-order chi connectivity index (χ0) is 8.81. The number of likely N-dealkylation sites (tertiary alicyclic amines) is 1. The van der Waals surface area contributed by atoms with Crippen LogP contribution in [-0.2, 0) is 0 Å². The number of rotatable bonds is 5. The normalized spacial score (nSPS) is 25.0. The molecule has 1 fully saturated rings. The Labute approximate surface area is 77.1 Å². The molecule has 1 unspecified atom stereocenters. The van der Waals surface area contributed by atoms with Crippen molar-refractivity contribution < 1.29 is 0 Å². The fraction of sp³-hybridized carbons (Fsp3) is 1.00. The molecule has 1 nitrogen and oxygen atoms in total. The predicted octanol–water partition coefficient (Wildman–Crippen LogP) is 2.91. The van der Waals surface area contributed by atoms with Crippen LogP contribution < -0.4 is 0 Å². The Morgan fingerprint density at radius 3 is 2.67 bits per heavy atom. The Kier molecular flexibility index (Phi) is 4.67. The van der Waals surface area contributed by atoms with Crippen molar-refractivity contribution in [2.75, 3.05) is 19.6 Å². The predicted molar refractivity (Wildman–Crippen MR) is 54.4 cm³/mol. The van der Waals surface area contributed by atoms with E-state index in [1.807, 2.05) is 0 Å². The Balaban J connectivity index is 2.03. The van der Waals surface area contributed by atoms with E-state index in [1.165, 1.54) is 51.7 Å². The quantitative estimate of drug-likeness (QED) is 0.572. The van der Waals surface area contributed by atoms with Gasteiger partial charge in [-0.05, 0) is 31.8 Å². The van der Waals surface area contributed by atoms with Crippen molar-refractivity contribution in [1.82, 2.24) is 4.90 Å². The molecule has 0 amide bonds. The molecular formula is C11H23N. The summed E-state index contributed by atoms with van der Waals surface area (Å²) in [6.45, 7) is 8.54. The van der Waals surface area contributed by atoms with Crippen LogP contribution in [0.15, 0.2) is 0 Å². The van der Waals surface area contributed by atoms with Crippen molar-refractivity contribution in [2.24, 2.45) is 5.92 Å². The second kappa shape index (κ2) is 5.58. The van der Waals surface area contributed by atoms with Crippen LogP contribution in [0.1, 0.15) is 46.0 Å². The van der Waals surface area contributed by atoms with Gasteiger partial charge in [0.2, 0.25) is 0 Å². The summed E-state index contributed by atoms with van der Waals surface area (Å²) in [5.74, 6) is 1.02. The van der Waals surface area contributed by atoms with E-state index < -0.39 is 0 Å². The van der Waals surface area contributed by atoms with E-state index in [1.54, 1.807) is 0 Å². The molecule has 0 spiro atoms. The summed E-state index contributed by atoms with van der Waals surface area (Å²) in [6, 6.07) is 0. The molecule has 0 bridgehead atoms. The molecule has 0 N–H and O–H groups in total. The third-order valence-corrected chi connectivity index (χ3v) is 3.03. The monoisotopic (exact) mass is 169 g/mol. The number of hydrogen-bond donors (Lipinski definition) is 0.